The Balaban J connectivity index is 1.43. The number of carbonyl (C=O) groups is 3. The van der Waals surface area contributed by atoms with E-state index >= 15 is 0 Å². The summed E-state index contributed by atoms with van der Waals surface area (Å²) in [5.74, 6) is -4.81. The van der Waals surface area contributed by atoms with Crippen LogP contribution in [-0.4, -0.2) is 34.7 Å². The molecule has 0 unspecified atom stereocenters. The summed E-state index contributed by atoms with van der Waals surface area (Å²) >= 11 is 0. The second-order valence-electron chi connectivity index (χ2n) is 9.63. The number of anilines is 3. The van der Waals surface area contributed by atoms with E-state index in [2.05, 4.69) is 5.32 Å². The number of rotatable bonds is 4. The Kier molecular flexibility index (Phi) is 5.71. The number of alkyl halides is 3. The number of imide groups is 1. The first-order chi connectivity index (χ1) is 19.1. The Morgan fingerprint density at radius 2 is 1.50 bits per heavy atom. The molecule has 12 heteroatoms. The molecule has 0 saturated carbocycles. The fraction of sp³-hybridized carbons (Fsp3) is 0.179. The first-order valence-electron chi connectivity index (χ1n) is 12.2. The largest absolute Gasteiger partial charge is 0.418 e. The number of benzene rings is 3. The molecular formula is C28H19F3N4O5. The number of nitrogens with one attached hydrogen (secondary N) is 1. The van der Waals surface area contributed by atoms with Gasteiger partial charge in [0, 0.05) is 23.5 Å². The molecule has 6 rings (SSSR count). The summed E-state index contributed by atoms with van der Waals surface area (Å²) in [5.41, 5.74) is -0.357. The van der Waals surface area contributed by atoms with Crippen LogP contribution in [0.25, 0.3) is 6.08 Å². The Labute approximate surface area is 224 Å². The number of nitro benzene ring substituents is 1. The average molecular weight is 548 g/mol. The molecule has 3 amide bonds. The van der Waals surface area contributed by atoms with Crippen LogP contribution >= 0.6 is 0 Å². The van der Waals surface area contributed by atoms with Crippen molar-refractivity contribution < 1.29 is 32.5 Å². The highest BCUT2D eigenvalue weighted by Crippen LogP contribution is 2.50. The van der Waals surface area contributed by atoms with E-state index in [1.165, 1.54) is 36.4 Å². The van der Waals surface area contributed by atoms with E-state index in [9.17, 15) is 37.7 Å². The van der Waals surface area contributed by atoms with E-state index in [0.29, 0.717) is 10.6 Å². The maximum atomic E-state index is 13.9. The molecule has 3 aliphatic rings. The highest BCUT2D eigenvalue weighted by atomic mass is 19.4. The molecule has 2 saturated heterocycles. The van der Waals surface area contributed by atoms with Crippen LogP contribution < -0.4 is 15.1 Å². The van der Waals surface area contributed by atoms with Gasteiger partial charge in [-0.2, -0.15) is 13.2 Å². The van der Waals surface area contributed by atoms with Gasteiger partial charge in [-0.3, -0.25) is 24.5 Å². The summed E-state index contributed by atoms with van der Waals surface area (Å²) in [6, 6.07) is 14.5. The lowest BCUT2D eigenvalue weighted by Gasteiger charge is -2.36. The minimum Gasteiger partial charge on any atom is -0.351 e. The minimum atomic E-state index is -4.82. The smallest absolute Gasteiger partial charge is 0.351 e. The SMILES string of the molecule is O=C(Nc1ccc([N+](=O)[O-])cc1)[C@@H]1[C@@H]2C(=O)N(c3ccccc3C(F)(F)F)C(=O)[C@H]2[C@@H]2C=Cc3ccccc3N12. The third-order valence-corrected chi connectivity index (χ3v) is 7.48. The maximum absolute atomic E-state index is 13.9. The first kappa shape index (κ1) is 25.3. The summed E-state index contributed by atoms with van der Waals surface area (Å²) in [6.07, 6.45) is -1.38. The normalized spacial score (nSPS) is 23.1. The number of carbonyl (C=O) groups excluding carboxylic acids is 3. The molecule has 9 nitrogen and oxygen atoms in total. The average Bonchev–Trinajstić information content (AvgIpc) is 3.41. The topological polar surface area (TPSA) is 113 Å². The van der Waals surface area contributed by atoms with Gasteiger partial charge < -0.3 is 10.2 Å². The summed E-state index contributed by atoms with van der Waals surface area (Å²) in [5, 5.41) is 13.7. The molecule has 202 valence electrons. The van der Waals surface area contributed by atoms with Gasteiger partial charge in [0.05, 0.1) is 34.1 Å². The second kappa shape index (κ2) is 9.04. The van der Waals surface area contributed by atoms with Crippen LogP contribution in [0.15, 0.2) is 78.9 Å². The van der Waals surface area contributed by atoms with Crippen LogP contribution in [-0.2, 0) is 20.6 Å². The molecule has 3 heterocycles. The number of amides is 3. The summed E-state index contributed by atoms with van der Waals surface area (Å²) < 4.78 is 41.5. The quantitative estimate of drug-likeness (QED) is 0.289. The number of nitro groups is 1. The first-order valence-corrected chi connectivity index (χ1v) is 12.2. The second-order valence-corrected chi connectivity index (χ2v) is 9.63. The predicted molar refractivity (Wildman–Crippen MR) is 138 cm³/mol. The van der Waals surface area contributed by atoms with Gasteiger partial charge in [-0.15, -0.1) is 0 Å². The van der Waals surface area contributed by atoms with E-state index in [0.717, 1.165) is 17.7 Å². The number of hydrogen-bond donors (Lipinski definition) is 1. The molecule has 2 fully saturated rings. The highest BCUT2D eigenvalue weighted by molar-refractivity contribution is 6.25. The van der Waals surface area contributed by atoms with Crippen LogP contribution in [0.1, 0.15) is 11.1 Å². The molecule has 3 aromatic carbocycles. The summed E-state index contributed by atoms with van der Waals surface area (Å²) in [4.78, 5) is 54.0. The Bertz CT molecular complexity index is 1600. The van der Waals surface area contributed by atoms with E-state index < -0.39 is 64.0 Å². The molecule has 4 atom stereocenters. The van der Waals surface area contributed by atoms with Crippen molar-refractivity contribution in [2.24, 2.45) is 11.8 Å². The number of fused-ring (bicyclic) bond motifs is 5. The number of non-ortho nitro benzene ring substituents is 1. The Morgan fingerprint density at radius 3 is 2.17 bits per heavy atom. The van der Waals surface area contributed by atoms with Gasteiger partial charge in [0.1, 0.15) is 6.04 Å². The van der Waals surface area contributed by atoms with E-state index in [4.69, 9.17) is 0 Å². The molecule has 0 aromatic heterocycles. The fourth-order valence-corrected chi connectivity index (χ4v) is 5.84. The van der Waals surface area contributed by atoms with Crippen LogP contribution in [0.4, 0.5) is 35.9 Å². The van der Waals surface area contributed by atoms with E-state index in [1.807, 2.05) is 0 Å². The molecule has 3 aliphatic heterocycles. The van der Waals surface area contributed by atoms with Gasteiger partial charge >= 0.3 is 6.18 Å². The molecule has 0 spiro atoms. The molecule has 1 N–H and O–H groups in total. The summed E-state index contributed by atoms with van der Waals surface area (Å²) in [6.45, 7) is 0. The monoisotopic (exact) mass is 548 g/mol. The van der Waals surface area contributed by atoms with Gasteiger partial charge in [-0.25, -0.2) is 4.90 Å². The van der Waals surface area contributed by atoms with Gasteiger partial charge in [0.2, 0.25) is 17.7 Å². The van der Waals surface area contributed by atoms with Crippen LogP contribution in [0.3, 0.4) is 0 Å². The molecule has 0 radical (unpaired) electrons. The van der Waals surface area contributed by atoms with Crippen molar-refractivity contribution in [3.8, 4) is 0 Å². The maximum Gasteiger partial charge on any atom is 0.418 e. The van der Waals surface area contributed by atoms with Crippen LogP contribution in [0.2, 0.25) is 0 Å². The van der Waals surface area contributed by atoms with Crippen molar-refractivity contribution in [3.63, 3.8) is 0 Å². The molecule has 40 heavy (non-hydrogen) atoms. The fourth-order valence-electron chi connectivity index (χ4n) is 5.84. The van der Waals surface area contributed by atoms with Gasteiger partial charge in [-0.05, 0) is 35.9 Å². The molecular weight excluding hydrogens is 529 g/mol. The van der Waals surface area contributed by atoms with Crippen LogP contribution in [0.5, 0.6) is 0 Å². The Hall–Kier alpha value is -5.00. The van der Waals surface area contributed by atoms with Gasteiger partial charge in [0.15, 0.2) is 0 Å². The third-order valence-electron chi connectivity index (χ3n) is 7.48. The van der Waals surface area contributed by atoms with Crippen molar-refractivity contribution in [2.75, 3.05) is 15.1 Å². The molecule has 0 aliphatic carbocycles. The standard InChI is InChI=1S/C28H19F3N4O5/c29-28(30,31)18-6-2-4-8-20(18)34-26(37)22-21-14-9-15-5-1-3-7-19(15)33(21)24(23(22)27(34)38)25(36)32-16-10-12-17(13-11-16)35(39)40/h1-14,21-24H,(H,32,36)/t21-,22-,23+,24-/m0/s1. The lowest BCUT2D eigenvalue weighted by Crippen LogP contribution is -2.50. The van der Waals surface area contributed by atoms with Crippen LogP contribution in [0, 0.1) is 22.0 Å². The van der Waals surface area contributed by atoms with Crippen molar-refractivity contribution in [1.29, 1.82) is 0 Å². The Morgan fingerprint density at radius 1 is 0.875 bits per heavy atom. The minimum absolute atomic E-state index is 0.190. The molecule has 3 aromatic rings. The lowest BCUT2D eigenvalue weighted by atomic mass is 9.88. The number of para-hydroxylation sites is 2. The number of halogens is 3. The number of nitrogens with zero attached hydrogens (tertiary/aromatic N) is 3. The summed E-state index contributed by atoms with van der Waals surface area (Å²) in [7, 11) is 0. The zero-order valence-corrected chi connectivity index (χ0v) is 20.4. The van der Waals surface area contributed by atoms with E-state index in [1.54, 1.807) is 41.3 Å². The van der Waals surface area contributed by atoms with Crippen molar-refractivity contribution >= 4 is 46.5 Å². The number of hydrogen-bond acceptors (Lipinski definition) is 6. The van der Waals surface area contributed by atoms with Crippen molar-refractivity contribution in [3.05, 3.63) is 100 Å². The highest BCUT2D eigenvalue weighted by Gasteiger charge is 2.65. The zero-order valence-electron chi connectivity index (χ0n) is 20.4. The van der Waals surface area contributed by atoms with Gasteiger partial charge in [0.25, 0.3) is 5.69 Å². The van der Waals surface area contributed by atoms with Crippen molar-refractivity contribution in [2.45, 2.75) is 18.3 Å². The van der Waals surface area contributed by atoms with E-state index in [-0.39, 0.29) is 11.4 Å². The third kappa shape index (κ3) is 3.82. The zero-order chi connectivity index (χ0) is 28.3. The predicted octanol–water partition coefficient (Wildman–Crippen LogP) is 4.64. The lowest BCUT2D eigenvalue weighted by molar-refractivity contribution is -0.384. The van der Waals surface area contributed by atoms with Gasteiger partial charge in [-0.1, -0.05) is 42.5 Å². The molecule has 0 bridgehead atoms. The van der Waals surface area contributed by atoms with Crippen molar-refractivity contribution in [1.82, 2.24) is 0 Å².